The second kappa shape index (κ2) is 7.28. The Bertz CT molecular complexity index is 677. The first-order valence-electron chi connectivity index (χ1n) is 7.67. The number of sulfonamides is 1. The van der Waals surface area contributed by atoms with Gasteiger partial charge in [-0.1, -0.05) is 0 Å². The number of alkyl halides is 3. The number of halogens is 3. The molecule has 2 unspecified atom stereocenters. The summed E-state index contributed by atoms with van der Waals surface area (Å²) in [7, 11) is -4.19. The normalized spacial score (nSPS) is 22.4. The number of hydrogen-bond donors (Lipinski definition) is 2. The second-order valence-electron chi connectivity index (χ2n) is 6.04. The Hall–Kier alpha value is -1.32. The minimum Gasteiger partial charge on any atom is -0.385 e. The molecule has 0 radical (unpaired) electrons. The predicted octanol–water partition coefficient (Wildman–Crippen LogP) is 2.97. The summed E-state index contributed by atoms with van der Waals surface area (Å²) in [6, 6.07) is 2.74. The van der Waals surface area contributed by atoms with Crippen molar-refractivity contribution in [1.82, 2.24) is 0 Å². The number of benzene rings is 1. The summed E-state index contributed by atoms with van der Waals surface area (Å²) in [5.74, 6) is 0.402. The zero-order valence-electron chi connectivity index (χ0n) is 13.3. The summed E-state index contributed by atoms with van der Waals surface area (Å²) >= 11 is 0. The van der Waals surface area contributed by atoms with Crippen LogP contribution >= 0.6 is 0 Å². The summed E-state index contributed by atoms with van der Waals surface area (Å²) in [6.07, 6.45) is -2.00. The van der Waals surface area contributed by atoms with Crippen LogP contribution in [0.5, 0.6) is 0 Å². The number of primary sulfonamides is 1. The average molecular weight is 366 g/mol. The van der Waals surface area contributed by atoms with E-state index in [-0.39, 0.29) is 11.8 Å². The summed E-state index contributed by atoms with van der Waals surface area (Å²) in [5, 5.41) is 7.67. The topological polar surface area (TPSA) is 81.4 Å². The minimum atomic E-state index is -4.67. The zero-order valence-corrected chi connectivity index (χ0v) is 14.1. The Labute approximate surface area is 139 Å². The number of nitrogens with one attached hydrogen (secondary N) is 1. The highest BCUT2D eigenvalue weighted by Crippen LogP contribution is 2.36. The Morgan fingerprint density at radius 1 is 1.38 bits per heavy atom. The Kier molecular flexibility index (Phi) is 5.77. The first-order valence-corrected chi connectivity index (χ1v) is 9.21. The highest BCUT2D eigenvalue weighted by atomic mass is 32.2. The molecule has 0 aromatic heterocycles. The molecule has 3 N–H and O–H groups in total. The number of hydrogen-bond acceptors (Lipinski definition) is 4. The molecule has 0 saturated carbocycles. The van der Waals surface area contributed by atoms with Crippen LogP contribution < -0.4 is 10.5 Å². The number of ether oxygens (including phenoxy) is 1. The lowest BCUT2D eigenvalue weighted by molar-refractivity contribution is -0.137. The van der Waals surface area contributed by atoms with Crippen LogP contribution in [-0.2, 0) is 20.9 Å². The maximum absolute atomic E-state index is 13.2. The van der Waals surface area contributed by atoms with Crippen molar-refractivity contribution in [2.45, 2.75) is 43.4 Å². The van der Waals surface area contributed by atoms with Crippen molar-refractivity contribution >= 4 is 15.7 Å². The van der Waals surface area contributed by atoms with Crippen molar-refractivity contribution in [3.05, 3.63) is 23.8 Å². The van der Waals surface area contributed by atoms with Crippen molar-refractivity contribution in [2.24, 2.45) is 11.1 Å². The first-order chi connectivity index (χ1) is 11.1. The molecule has 1 saturated heterocycles. The highest BCUT2D eigenvalue weighted by molar-refractivity contribution is 7.89. The fraction of sp³-hybridized carbons (Fsp3) is 0.600. The molecule has 24 heavy (non-hydrogen) atoms. The molecule has 1 aliphatic heterocycles. The Morgan fingerprint density at radius 3 is 2.67 bits per heavy atom. The third-order valence-corrected chi connectivity index (χ3v) is 5.00. The van der Waals surface area contributed by atoms with Gasteiger partial charge in [-0.05, 0) is 50.3 Å². The highest BCUT2D eigenvalue weighted by Gasteiger charge is 2.34. The van der Waals surface area contributed by atoms with Crippen LogP contribution in [0.25, 0.3) is 0 Å². The molecule has 1 heterocycles. The Morgan fingerprint density at radius 2 is 2.08 bits per heavy atom. The standard InChI is InChI=1S/C15H21F3N2O3S/c1-10-8-11(5-7-23-10)4-6-20-14-3-2-12(24(19,21)22)9-13(14)15(16,17)18/h2-3,9-11,20H,4-8H2,1H3,(H2,19,21,22). The van der Waals surface area contributed by atoms with Crippen LogP contribution in [0, 0.1) is 5.92 Å². The van der Waals surface area contributed by atoms with E-state index in [2.05, 4.69) is 5.32 Å². The van der Waals surface area contributed by atoms with Gasteiger partial charge >= 0.3 is 6.18 Å². The first kappa shape index (κ1) is 19.0. The third kappa shape index (κ3) is 5.09. The molecule has 0 spiro atoms. The fourth-order valence-corrected chi connectivity index (χ4v) is 3.39. The van der Waals surface area contributed by atoms with Crippen molar-refractivity contribution in [2.75, 3.05) is 18.5 Å². The quantitative estimate of drug-likeness (QED) is 0.839. The van der Waals surface area contributed by atoms with Crippen LogP contribution in [0.15, 0.2) is 23.1 Å². The van der Waals surface area contributed by atoms with E-state index in [1.54, 1.807) is 0 Å². The van der Waals surface area contributed by atoms with Crippen LogP contribution in [0.3, 0.4) is 0 Å². The fourth-order valence-electron chi connectivity index (χ4n) is 2.85. The van der Waals surface area contributed by atoms with Crippen molar-refractivity contribution < 1.29 is 26.3 Å². The van der Waals surface area contributed by atoms with E-state index < -0.39 is 26.7 Å². The van der Waals surface area contributed by atoms with Crippen LogP contribution in [-0.4, -0.2) is 27.7 Å². The minimum absolute atomic E-state index is 0.144. The number of nitrogens with two attached hydrogens (primary N) is 1. The molecular formula is C15H21F3N2O3S. The van der Waals surface area contributed by atoms with Crippen molar-refractivity contribution in [1.29, 1.82) is 0 Å². The van der Waals surface area contributed by atoms with E-state index in [0.717, 1.165) is 31.4 Å². The van der Waals surface area contributed by atoms with Gasteiger partial charge < -0.3 is 10.1 Å². The lowest BCUT2D eigenvalue weighted by Crippen LogP contribution is -2.24. The van der Waals surface area contributed by atoms with Gasteiger partial charge in [0.25, 0.3) is 0 Å². The largest absolute Gasteiger partial charge is 0.418 e. The van der Waals surface area contributed by atoms with E-state index in [9.17, 15) is 21.6 Å². The molecule has 2 atom stereocenters. The SMILES string of the molecule is CC1CC(CCNc2ccc(S(N)(=O)=O)cc2C(F)(F)F)CCO1. The van der Waals surface area contributed by atoms with Gasteiger partial charge in [0.2, 0.25) is 10.0 Å². The predicted molar refractivity (Wildman–Crippen MR) is 84.1 cm³/mol. The van der Waals surface area contributed by atoms with Crippen molar-refractivity contribution in [3.63, 3.8) is 0 Å². The van der Waals surface area contributed by atoms with Gasteiger partial charge in [-0.15, -0.1) is 0 Å². The third-order valence-electron chi connectivity index (χ3n) is 4.09. The molecule has 9 heteroatoms. The molecular weight excluding hydrogens is 345 g/mol. The van der Waals surface area contributed by atoms with Crippen LogP contribution in [0.4, 0.5) is 18.9 Å². The van der Waals surface area contributed by atoms with Gasteiger partial charge in [0, 0.05) is 18.8 Å². The molecule has 1 fully saturated rings. The van der Waals surface area contributed by atoms with Gasteiger partial charge in [-0.2, -0.15) is 13.2 Å². The van der Waals surface area contributed by atoms with E-state index in [4.69, 9.17) is 9.88 Å². The molecule has 136 valence electrons. The van der Waals surface area contributed by atoms with Gasteiger partial charge in [0.15, 0.2) is 0 Å². The van der Waals surface area contributed by atoms with Gasteiger partial charge in [0.1, 0.15) is 0 Å². The molecule has 0 amide bonds. The molecule has 0 bridgehead atoms. The molecule has 1 aliphatic rings. The number of rotatable bonds is 5. The molecule has 0 aliphatic carbocycles. The van der Waals surface area contributed by atoms with Crippen LogP contribution in [0.2, 0.25) is 0 Å². The molecule has 1 aromatic carbocycles. The van der Waals surface area contributed by atoms with E-state index >= 15 is 0 Å². The van der Waals surface area contributed by atoms with E-state index in [1.165, 1.54) is 0 Å². The zero-order chi connectivity index (χ0) is 18.0. The molecule has 1 aromatic rings. The smallest absolute Gasteiger partial charge is 0.385 e. The van der Waals surface area contributed by atoms with Gasteiger partial charge in [-0.3, -0.25) is 0 Å². The van der Waals surface area contributed by atoms with Gasteiger partial charge in [0.05, 0.1) is 16.6 Å². The summed E-state index contributed by atoms with van der Waals surface area (Å²) in [4.78, 5) is -0.557. The van der Waals surface area contributed by atoms with Gasteiger partial charge in [-0.25, -0.2) is 13.6 Å². The maximum Gasteiger partial charge on any atom is 0.418 e. The molecule has 2 rings (SSSR count). The number of anilines is 1. The summed E-state index contributed by atoms with van der Waals surface area (Å²) in [6.45, 7) is 3.02. The summed E-state index contributed by atoms with van der Waals surface area (Å²) < 4.78 is 67.4. The second-order valence-corrected chi connectivity index (χ2v) is 7.60. The van der Waals surface area contributed by atoms with E-state index in [1.807, 2.05) is 6.92 Å². The Balaban J connectivity index is 2.09. The monoisotopic (exact) mass is 366 g/mol. The van der Waals surface area contributed by atoms with Crippen molar-refractivity contribution in [3.8, 4) is 0 Å². The summed E-state index contributed by atoms with van der Waals surface area (Å²) in [5.41, 5.74) is -1.18. The lowest BCUT2D eigenvalue weighted by Gasteiger charge is -2.27. The maximum atomic E-state index is 13.2. The lowest BCUT2D eigenvalue weighted by atomic mass is 9.93. The average Bonchev–Trinajstić information content (AvgIpc) is 2.45. The molecule has 5 nitrogen and oxygen atoms in total. The van der Waals surface area contributed by atoms with E-state index in [0.29, 0.717) is 25.1 Å². The van der Waals surface area contributed by atoms with Crippen LogP contribution in [0.1, 0.15) is 31.7 Å².